The molecule has 3 heterocycles. The van der Waals surface area contributed by atoms with E-state index in [1.165, 1.54) is 4.90 Å². The molecule has 2 aliphatic heterocycles. The number of nitrogens with zero attached hydrogens (tertiary/aromatic N) is 2. The number of likely N-dealkylation sites (tertiary alicyclic amines) is 1. The van der Waals surface area contributed by atoms with E-state index in [2.05, 4.69) is 4.98 Å². The van der Waals surface area contributed by atoms with E-state index in [0.717, 1.165) is 11.6 Å². The van der Waals surface area contributed by atoms with E-state index in [4.69, 9.17) is 14.6 Å². The molecule has 9 nitrogen and oxygen atoms in total. The van der Waals surface area contributed by atoms with Gasteiger partial charge >= 0.3 is 5.97 Å². The van der Waals surface area contributed by atoms with Gasteiger partial charge in [0.05, 0.1) is 6.04 Å². The predicted molar refractivity (Wildman–Crippen MR) is 81.8 cm³/mol. The Kier molecular flexibility index (Phi) is 4.71. The van der Waals surface area contributed by atoms with E-state index >= 15 is 0 Å². The topological polar surface area (TPSA) is 129 Å². The summed E-state index contributed by atoms with van der Waals surface area (Å²) < 4.78 is 10.6. The van der Waals surface area contributed by atoms with Crippen LogP contribution >= 0.6 is 0 Å². The SMILES string of the molecule is CN1C(=O)[C@H](O[C@@H]2OC(C(=O)O)=C[C@H](O)C2O)C[C@H]1c1cccnc1. The number of aliphatic hydroxyl groups is 2. The second kappa shape index (κ2) is 6.79. The summed E-state index contributed by atoms with van der Waals surface area (Å²) in [7, 11) is 1.62. The Balaban J connectivity index is 1.74. The molecule has 25 heavy (non-hydrogen) atoms. The van der Waals surface area contributed by atoms with Gasteiger partial charge in [0.25, 0.3) is 5.91 Å². The van der Waals surface area contributed by atoms with Crippen molar-refractivity contribution in [3.05, 3.63) is 41.9 Å². The zero-order valence-electron chi connectivity index (χ0n) is 13.3. The molecule has 1 unspecified atom stereocenters. The third kappa shape index (κ3) is 3.34. The lowest BCUT2D eigenvalue weighted by Gasteiger charge is -2.31. The minimum Gasteiger partial charge on any atom is -0.475 e. The Labute approximate surface area is 143 Å². The predicted octanol–water partition coefficient (Wildman–Crippen LogP) is -0.583. The summed E-state index contributed by atoms with van der Waals surface area (Å²) in [6, 6.07) is 3.34. The molecule has 1 aromatic rings. The van der Waals surface area contributed by atoms with Crippen LogP contribution < -0.4 is 0 Å². The van der Waals surface area contributed by atoms with Crippen molar-refractivity contribution >= 4 is 11.9 Å². The van der Waals surface area contributed by atoms with Gasteiger partial charge in [0.1, 0.15) is 18.3 Å². The first-order valence-corrected chi connectivity index (χ1v) is 7.68. The summed E-state index contributed by atoms with van der Waals surface area (Å²) in [4.78, 5) is 29.0. The van der Waals surface area contributed by atoms with Crippen LogP contribution in [0, 0.1) is 0 Å². The third-order valence-electron chi connectivity index (χ3n) is 4.30. The molecule has 9 heteroatoms. The van der Waals surface area contributed by atoms with Crippen LogP contribution in [0.5, 0.6) is 0 Å². The molecule has 1 fully saturated rings. The molecule has 0 aromatic carbocycles. The van der Waals surface area contributed by atoms with Crippen LogP contribution in [0.4, 0.5) is 0 Å². The minimum absolute atomic E-state index is 0.258. The molecule has 0 radical (unpaired) electrons. The highest BCUT2D eigenvalue weighted by Crippen LogP contribution is 2.34. The maximum atomic E-state index is 12.4. The summed E-state index contributed by atoms with van der Waals surface area (Å²) in [5.41, 5.74) is 0.834. The van der Waals surface area contributed by atoms with E-state index in [-0.39, 0.29) is 18.4 Å². The minimum atomic E-state index is -1.50. The third-order valence-corrected chi connectivity index (χ3v) is 4.30. The highest BCUT2D eigenvalue weighted by molar-refractivity contribution is 5.85. The number of carboxylic acids is 1. The monoisotopic (exact) mass is 350 g/mol. The van der Waals surface area contributed by atoms with Gasteiger partial charge in [0.15, 0.2) is 0 Å². The molecule has 134 valence electrons. The number of amides is 1. The fourth-order valence-corrected chi connectivity index (χ4v) is 2.93. The molecule has 0 bridgehead atoms. The first-order chi connectivity index (χ1) is 11.9. The number of likely N-dealkylation sites (N-methyl/N-ethyl adjacent to an activating group) is 1. The number of aliphatic carboxylic acids is 1. The van der Waals surface area contributed by atoms with Gasteiger partial charge < -0.3 is 29.7 Å². The lowest BCUT2D eigenvalue weighted by Crippen LogP contribution is -2.46. The number of carboxylic acid groups (broad SMARTS) is 1. The molecule has 0 saturated carbocycles. The van der Waals surface area contributed by atoms with Crippen LogP contribution in [0.1, 0.15) is 18.0 Å². The zero-order chi connectivity index (χ0) is 18.1. The number of rotatable bonds is 4. The average Bonchev–Trinajstić information content (AvgIpc) is 2.87. The van der Waals surface area contributed by atoms with Crippen LogP contribution in [0.2, 0.25) is 0 Å². The zero-order valence-corrected chi connectivity index (χ0v) is 13.3. The van der Waals surface area contributed by atoms with Crippen molar-refractivity contribution in [1.29, 1.82) is 0 Å². The molecule has 3 rings (SSSR count). The van der Waals surface area contributed by atoms with Crippen LogP contribution in [-0.2, 0) is 19.1 Å². The Morgan fingerprint density at radius 2 is 2.20 bits per heavy atom. The second-order valence-corrected chi connectivity index (χ2v) is 5.92. The molecule has 2 aliphatic rings. The van der Waals surface area contributed by atoms with Gasteiger partial charge in [-0.05, 0) is 17.7 Å². The summed E-state index contributed by atoms with van der Waals surface area (Å²) in [6.45, 7) is 0. The number of carbonyl (C=O) groups excluding carboxylic acids is 1. The van der Waals surface area contributed by atoms with Crippen LogP contribution in [0.3, 0.4) is 0 Å². The summed E-state index contributed by atoms with van der Waals surface area (Å²) in [6.07, 6.45) is -0.911. The van der Waals surface area contributed by atoms with Crippen LogP contribution in [0.15, 0.2) is 36.4 Å². The van der Waals surface area contributed by atoms with Gasteiger partial charge in [-0.3, -0.25) is 9.78 Å². The molecule has 1 aromatic heterocycles. The van der Waals surface area contributed by atoms with Gasteiger partial charge in [-0.25, -0.2) is 4.79 Å². The number of hydrogen-bond donors (Lipinski definition) is 3. The fraction of sp³-hybridized carbons (Fsp3) is 0.438. The maximum Gasteiger partial charge on any atom is 0.371 e. The van der Waals surface area contributed by atoms with Crippen LogP contribution in [0.25, 0.3) is 0 Å². The highest BCUT2D eigenvalue weighted by Gasteiger charge is 2.44. The van der Waals surface area contributed by atoms with E-state index in [1.807, 2.05) is 6.07 Å². The van der Waals surface area contributed by atoms with Crippen molar-refractivity contribution in [2.24, 2.45) is 0 Å². The number of hydrogen-bond acceptors (Lipinski definition) is 7. The van der Waals surface area contributed by atoms with Gasteiger partial charge in [0.2, 0.25) is 12.0 Å². The normalized spacial score (nSPS) is 32.3. The quantitative estimate of drug-likeness (QED) is 0.657. The molecule has 0 aliphatic carbocycles. The van der Waals surface area contributed by atoms with Crippen molar-refractivity contribution in [3.63, 3.8) is 0 Å². The Bertz CT molecular complexity index is 693. The molecule has 1 saturated heterocycles. The van der Waals surface area contributed by atoms with Crippen molar-refractivity contribution in [2.45, 2.75) is 37.1 Å². The smallest absolute Gasteiger partial charge is 0.371 e. The lowest BCUT2D eigenvalue weighted by atomic mass is 10.1. The standard InChI is InChI=1S/C16H18N2O7/c1-18-9(8-3-2-4-17-7-8)5-11(14(18)21)24-16-13(20)10(19)6-12(25-16)15(22)23/h2-4,6-7,9-11,13,16,19-20H,5H2,1H3,(H,22,23)/t9-,10-,11+,13?,16+/m0/s1. The Hall–Kier alpha value is -2.49. The first-order valence-electron chi connectivity index (χ1n) is 7.68. The average molecular weight is 350 g/mol. The van der Waals surface area contributed by atoms with Gasteiger partial charge in [-0.1, -0.05) is 6.07 Å². The van der Waals surface area contributed by atoms with Crippen molar-refractivity contribution in [2.75, 3.05) is 7.05 Å². The molecule has 5 atom stereocenters. The lowest BCUT2D eigenvalue weighted by molar-refractivity contribution is -0.223. The Morgan fingerprint density at radius 1 is 1.44 bits per heavy atom. The number of aliphatic hydroxyl groups excluding tert-OH is 2. The second-order valence-electron chi connectivity index (χ2n) is 5.92. The van der Waals surface area contributed by atoms with Crippen molar-refractivity contribution < 1.29 is 34.4 Å². The largest absolute Gasteiger partial charge is 0.475 e. The molecule has 0 spiro atoms. The maximum absolute atomic E-state index is 12.4. The molecule has 1 amide bonds. The van der Waals surface area contributed by atoms with E-state index in [0.29, 0.717) is 0 Å². The Morgan fingerprint density at radius 3 is 2.84 bits per heavy atom. The number of carbonyl (C=O) groups is 2. The highest BCUT2D eigenvalue weighted by atomic mass is 16.7. The summed E-state index contributed by atoms with van der Waals surface area (Å²) in [5.74, 6) is -2.27. The van der Waals surface area contributed by atoms with E-state index in [1.54, 1.807) is 25.5 Å². The van der Waals surface area contributed by atoms with Gasteiger partial charge in [-0.15, -0.1) is 0 Å². The van der Waals surface area contributed by atoms with E-state index < -0.39 is 36.3 Å². The van der Waals surface area contributed by atoms with Crippen molar-refractivity contribution in [1.82, 2.24) is 9.88 Å². The number of ether oxygens (including phenoxy) is 2. The fourth-order valence-electron chi connectivity index (χ4n) is 2.93. The van der Waals surface area contributed by atoms with E-state index in [9.17, 15) is 19.8 Å². The molecular weight excluding hydrogens is 332 g/mol. The molecular formula is C16H18N2O7. The number of aromatic nitrogens is 1. The first kappa shape index (κ1) is 17.3. The number of pyridine rings is 1. The van der Waals surface area contributed by atoms with Gasteiger partial charge in [0, 0.05) is 25.9 Å². The summed E-state index contributed by atoms with van der Waals surface area (Å²) in [5, 5.41) is 28.7. The van der Waals surface area contributed by atoms with Gasteiger partial charge in [-0.2, -0.15) is 0 Å². The molecule has 3 N–H and O–H groups in total. The van der Waals surface area contributed by atoms with Crippen LogP contribution in [-0.4, -0.2) is 68.7 Å². The van der Waals surface area contributed by atoms with Crippen molar-refractivity contribution in [3.8, 4) is 0 Å². The summed E-state index contributed by atoms with van der Waals surface area (Å²) >= 11 is 0.